The molecule has 2 amide bonds. The topological polar surface area (TPSA) is 203 Å². The van der Waals surface area contributed by atoms with Crippen LogP contribution in [-0.2, 0) is 34.3 Å². The van der Waals surface area contributed by atoms with Crippen LogP contribution in [0, 0.1) is 10.1 Å². The number of non-ortho nitro benzene ring substituents is 1. The minimum atomic E-state index is -1.33. The maximum absolute atomic E-state index is 14.6. The van der Waals surface area contributed by atoms with Crippen molar-refractivity contribution in [1.29, 1.82) is 0 Å². The summed E-state index contributed by atoms with van der Waals surface area (Å²) in [4.78, 5) is 77.0. The summed E-state index contributed by atoms with van der Waals surface area (Å²) in [6.07, 6.45) is 2.50. The van der Waals surface area contributed by atoms with Crippen LogP contribution < -0.4 is 10.6 Å². The normalized spacial score (nSPS) is 15.7. The van der Waals surface area contributed by atoms with Crippen molar-refractivity contribution in [3.63, 3.8) is 0 Å². The number of carboxylic acid groups (broad SMARTS) is 1. The van der Waals surface area contributed by atoms with Gasteiger partial charge >= 0.3 is 11.9 Å². The molecule has 3 N–H and O–H groups in total. The van der Waals surface area contributed by atoms with E-state index < -0.39 is 58.3 Å². The highest BCUT2D eigenvalue weighted by Gasteiger charge is 2.55. The van der Waals surface area contributed by atoms with E-state index in [-0.39, 0.29) is 28.5 Å². The fourth-order valence-corrected chi connectivity index (χ4v) is 10.4. The Balaban J connectivity index is 1.02. The number of rotatable bonds is 18. The van der Waals surface area contributed by atoms with Crippen LogP contribution in [0.2, 0.25) is 0 Å². The number of aromatic nitrogens is 1. The summed E-state index contributed by atoms with van der Waals surface area (Å²) in [6, 6.07) is 52.6. The summed E-state index contributed by atoms with van der Waals surface area (Å²) in [5, 5.41) is 32.3. The Morgan fingerprint density at radius 3 is 1.86 bits per heavy atom. The number of fused-ring (bicyclic) bond motifs is 1. The van der Waals surface area contributed by atoms with E-state index in [9.17, 15) is 34.4 Å². The Morgan fingerprint density at radius 2 is 1.34 bits per heavy atom. The maximum atomic E-state index is 14.6. The Morgan fingerprint density at radius 1 is 0.803 bits per heavy atom. The van der Waals surface area contributed by atoms with E-state index in [0.29, 0.717) is 27.4 Å². The van der Waals surface area contributed by atoms with Gasteiger partial charge in [-0.25, -0.2) is 14.6 Å². The first-order valence-electron chi connectivity index (χ1n) is 22.1. The van der Waals surface area contributed by atoms with Crippen molar-refractivity contribution in [2.24, 2.45) is 5.16 Å². The number of allylic oxidation sites excluding steroid dienone is 1. The molecule has 0 spiro atoms. The number of benzene rings is 6. The molecule has 2 aliphatic heterocycles. The molecule has 1 aromatic heterocycles. The molecule has 15 nitrogen and oxygen atoms in total. The van der Waals surface area contributed by atoms with E-state index in [1.807, 2.05) is 152 Å². The molecular weight excluding hydrogens is 941 g/mol. The molecule has 2 atom stereocenters. The number of β-lactam (4-membered cyclic amide) rings is 1. The zero-order chi connectivity index (χ0) is 49.3. The summed E-state index contributed by atoms with van der Waals surface area (Å²) in [6.45, 7) is -0.862. The predicted octanol–water partition coefficient (Wildman–Crippen LogP) is 8.96. The van der Waals surface area contributed by atoms with Crippen molar-refractivity contribution in [1.82, 2.24) is 15.2 Å². The first kappa shape index (κ1) is 47.4. The van der Waals surface area contributed by atoms with Gasteiger partial charge in [0.05, 0.1) is 4.92 Å². The number of esters is 1. The number of nitro benzene ring substituents is 1. The highest BCUT2D eigenvalue weighted by atomic mass is 32.2. The maximum Gasteiger partial charge on any atom is 0.356 e. The molecule has 354 valence electrons. The predicted molar refractivity (Wildman–Crippen MR) is 270 cm³/mol. The van der Waals surface area contributed by atoms with Gasteiger partial charge in [-0.2, -0.15) is 0 Å². The molecule has 71 heavy (non-hydrogen) atoms. The van der Waals surface area contributed by atoms with Gasteiger partial charge in [0.15, 0.2) is 16.9 Å². The van der Waals surface area contributed by atoms with Gasteiger partial charge < -0.3 is 25.3 Å². The van der Waals surface area contributed by atoms with E-state index in [4.69, 9.17) is 14.6 Å². The molecular formula is C54H42N6O9S2. The van der Waals surface area contributed by atoms with Crippen LogP contribution >= 0.6 is 23.1 Å². The number of amides is 2. The standard InChI is InChI=1S/C54H42N6O9S2/c61-44(62)32-68-58-45(43-34-71-53(55-43)57-54(39-20-10-3-11-21-39,40-22-12-4-13-23-40)41-24-14-5-15-25-41)49(63)56-46-50(64)59-47(38(33-70-51(46)59)29-26-35-27-30-42(31-28-35)60(66)67)52(65)69-48(36-16-6-1-7-17-36)37-18-8-2-9-19-37/h1-31,34,46,48,51H,32-33H2,(H,55,57)(H,56,63)(H,61,62)/t46?,51-/m0/s1. The van der Waals surface area contributed by atoms with E-state index in [1.54, 1.807) is 29.7 Å². The second kappa shape index (κ2) is 21.3. The first-order valence-corrected chi connectivity index (χ1v) is 24.1. The highest BCUT2D eigenvalue weighted by molar-refractivity contribution is 8.00. The number of thioether (sulfide) groups is 1. The van der Waals surface area contributed by atoms with Gasteiger partial charge in [-0.05, 0) is 51.1 Å². The van der Waals surface area contributed by atoms with E-state index in [2.05, 4.69) is 15.8 Å². The van der Waals surface area contributed by atoms with Crippen LogP contribution in [-0.4, -0.2) is 73.2 Å². The summed E-state index contributed by atoms with van der Waals surface area (Å²) in [5.41, 5.74) is 3.72. The zero-order valence-corrected chi connectivity index (χ0v) is 39.1. The van der Waals surface area contributed by atoms with Gasteiger partial charge in [-0.3, -0.25) is 24.6 Å². The lowest BCUT2D eigenvalue weighted by Crippen LogP contribution is -2.71. The number of hydrogen-bond donors (Lipinski definition) is 3. The van der Waals surface area contributed by atoms with Crippen molar-refractivity contribution in [2.45, 2.75) is 23.1 Å². The van der Waals surface area contributed by atoms with Gasteiger partial charge in [0.2, 0.25) is 6.61 Å². The van der Waals surface area contributed by atoms with Crippen LogP contribution in [0.4, 0.5) is 10.8 Å². The van der Waals surface area contributed by atoms with E-state index in [0.717, 1.165) is 16.7 Å². The molecule has 0 saturated carbocycles. The third-order valence-electron chi connectivity index (χ3n) is 11.7. The number of carboxylic acids is 1. The fourth-order valence-electron chi connectivity index (χ4n) is 8.36. The van der Waals surface area contributed by atoms with Gasteiger partial charge in [0.1, 0.15) is 28.3 Å². The molecule has 3 heterocycles. The Labute approximate surface area is 415 Å². The lowest BCUT2D eigenvalue weighted by Gasteiger charge is -2.49. The van der Waals surface area contributed by atoms with Crippen molar-refractivity contribution in [3.8, 4) is 0 Å². The van der Waals surface area contributed by atoms with Crippen molar-refractivity contribution in [2.75, 3.05) is 17.7 Å². The minimum absolute atomic E-state index is 0.0353. The molecule has 7 aromatic rings. The van der Waals surface area contributed by atoms with E-state index in [1.165, 1.54) is 40.1 Å². The molecule has 0 radical (unpaired) electrons. The number of aliphatic carboxylic acids is 1. The molecule has 17 heteroatoms. The molecule has 1 unspecified atom stereocenters. The molecule has 1 fully saturated rings. The highest BCUT2D eigenvalue weighted by Crippen LogP contribution is 2.43. The third kappa shape index (κ3) is 10.2. The quantitative estimate of drug-likeness (QED) is 0.0184. The number of nitro groups is 1. The summed E-state index contributed by atoms with van der Waals surface area (Å²) >= 11 is 2.48. The molecule has 1 saturated heterocycles. The number of nitrogens with zero attached hydrogens (tertiary/aromatic N) is 4. The van der Waals surface area contributed by atoms with Gasteiger partial charge in [-0.1, -0.05) is 169 Å². The lowest BCUT2D eigenvalue weighted by molar-refractivity contribution is -0.384. The number of anilines is 1. The van der Waals surface area contributed by atoms with Crippen LogP contribution in [0.3, 0.4) is 0 Å². The second-order valence-corrected chi connectivity index (χ2v) is 18.1. The van der Waals surface area contributed by atoms with Crippen LogP contribution in [0.5, 0.6) is 0 Å². The van der Waals surface area contributed by atoms with Crippen molar-refractivity contribution < 1.29 is 38.8 Å². The Bertz CT molecular complexity index is 3020. The average Bonchev–Trinajstić information content (AvgIpc) is 3.88. The first-order chi connectivity index (χ1) is 34.6. The Hall–Kier alpha value is -8.67. The number of oxime groups is 1. The number of thiazole rings is 1. The number of hydrogen-bond acceptors (Lipinski definition) is 13. The van der Waals surface area contributed by atoms with Crippen molar-refractivity contribution >= 4 is 69.5 Å². The molecule has 9 rings (SSSR count). The second-order valence-electron chi connectivity index (χ2n) is 16.1. The summed E-state index contributed by atoms with van der Waals surface area (Å²) in [5.74, 6) is -3.42. The monoisotopic (exact) mass is 982 g/mol. The van der Waals surface area contributed by atoms with Gasteiger partial charge in [0, 0.05) is 23.3 Å². The molecule has 6 aromatic carbocycles. The Kier molecular flexibility index (Phi) is 14.2. The summed E-state index contributed by atoms with van der Waals surface area (Å²) in [7, 11) is 0. The number of ether oxygens (including phenoxy) is 1. The summed E-state index contributed by atoms with van der Waals surface area (Å²) < 4.78 is 6.29. The van der Waals surface area contributed by atoms with Crippen LogP contribution in [0.15, 0.2) is 204 Å². The minimum Gasteiger partial charge on any atom is -0.479 e. The number of carbonyl (C=O) groups is 4. The lowest BCUT2D eigenvalue weighted by atomic mass is 9.77. The van der Waals surface area contributed by atoms with Crippen LogP contribution in [0.1, 0.15) is 45.2 Å². The largest absolute Gasteiger partial charge is 0.479 e. The number of nitrogens with one attached hydrogen (secondary N) is 2. The van der Waals surface area contributed by atoms with Gasteiger partial charge in [-0.15, -0.1) is 23.1 Å². The van der Waals surface area contributed by atoms with E-state index >= 15 is 0 Å². The number of carbonyl (C=O) groups excluding carboxylic acids is 3. The SMILES string of the molecule is O=C(O)CON=C(C(=O)NC1C(=O)N2C(C(=O)OC(c3ccccc3)c3ccccc3)=C(C=Cc3ccc([N+](=O)[O-])cc3)CS[C@@H]12)c1csc(NC(c2ccccc2)(c2ccccc2)c2ccccc2)n1. The molecule has 0 aliphatic carbocycles. The van der Waals surface area contributed by atoms with Crippen LogP contribution in [0.25, 0.3) is 6.08 Å². The average molecular weight is 983 g/mol. The zero-order valence-electron chi connectivity index (χ0n) is 37.4. The fraction of sp³-hybridized carbons (Fsp3) is 0.111. The van der Waals surface area contributed by atoms with Crippen molar-refractivity contribution in [3.05, 3.63) is 248 Å². The molecule has 2 aliphatic rings. The van der Waals surface area contributed by atoms with Gasteiger partial charge in [0.25, 0.3) is 17.5 Å². The smallest absolute Gasteiger partial charge is 0.356 e. The third-order valence-corrected chi connectivity index (χ3v) is 13.8. The molecule has 0 bridgehead atoms.